The van der Waals surface area contributed by atoms with E-state index in [1.165, 1.54) is 0 Å². The lowest BCUT2D eigenvalue weighted by atomic mass is 10.1. The molecule has 0 aliphatic carbocycles. The third-order valence-electron chi connectivity index (χ3n) is 2.54. The molecule has 6 heteroatoms. The second-order valence-corrected chi connectivity index (χ2v) is 6.17. The fourth-order valence-corrected chi connectivity index (χ4v) is 3.46. The number of carbonyl (C=O) groups is 1. The molecule has 1 saturated heterocycles. The molecule has 0 spiro atoms. The van der Waals surface area contributed by atoms with E-state index in [2.05, 4.69) is 5.32 Å². The third-order valence-corrected chi connectivity index (χ3v) is 4.31. The minimum atomic E-state index is -2.94. The third kappa shape index (κ3) is 3.79. The molecule has 15 heavy (non-hydrogen) atoms. The zero-order valence-electron chi connectivity index (χ0n) is 8.77. The highest BCUT2D eigenvalue weighted by atomic mass is 32.2. The zero-order chi connectivity index (χ0) is 11.5. The fourth-order valence-electron chi connectivity index (χ4n) is 1.78. The van der Waals surface area contributed by atoms with Gasteiger partial charge in [-0.1, -0.05) is 13.3 Å². The van der Waals surface area contributed by atoms with E-state index >= 15 is 0 Å². The quantitative estimate of drug-likeness (QED) is 0.701. The molecule has 0 aromatic rings. The number of rotatable bonds is 5. The van der Waals surface area contributed by atoms with Crippen LogP contribution in [0.4, 0.5) is 0 Å². The predicted octanol–water partition coefficient (Wildman–Crippen LogP) is 0.0164. The first-order valence-corrected chi connectivity index (χ1v) is 6.96. The van der Waals surface area contributed by atoms with Gasteiger partial charge < -0.3 is 10.4 Å². The molecule has 88 valence electrons. The Labute approximate surface area is 89.8 Å². The lowest BCUT2D eigenvalue weighted by Gasteiger charge is -2.17. The van der Waals surface area contributed by atoms with Gasteiger partial charge in [-0.3, -0.25) is 4.79 Å². The number of sulfone groups is 1. The normalized spacial score (nSPS) is 26.3. The number of hydrogen-bond donors (Lipinski definition) is 2. The van der Waals surface area contributed by atoms with Crippen LogP contribution in [0.25, 0.3) is 0 Å². The van der Waals surface area contributed by atoms with Gasteiger partial charge in [0, 0.05) is 6.04 Å². The van der Waals surface area contributed by atoms with Gasteiger partial charge in [-0.05, 0) is 12.8 Å². The zero-order valence-corrected chi connectivity index (χ0v) is 9.59. The maximum atomic E-state index is 11.2. The summed E-state index contributed by atoms with van der Waals surface area (Å²) in [4.78, 5) is 10.8. The molecular formula is C9H17NO4S. The predicted molar refractivity (Wildman–Crippen MR) is 56.5 cm³/mol. The summed E-state index contributed by atoms with van der Waals surface area (Å²) in [5.41, 5.74) is 0. The molecule has 5 nitrogen and oxygen atoms in total. The van der Waals surface area contributed by atoms with Gasteiger partial charge in [0.2, 0.25) is 0 Å². The molecule has 1 rings (SSSR count). The molecule has 1 fully saturated rings. The lowest BCUT2D eigenvalue weighted by Crippen LogP contribution is -2.43. The van der Waals surface area contributed by atoms with E-state index in [0.29, 0.717) is 12.8 Å². The molecule has 0 aromatic heterocycles. The maximum absolute atomic E-state index is 11.2. The van der Waals surface area contributed by atoms with E-state index in [-0.39, 0.29) is 17.5 Å². The highest BCUT2D eigenvalue weighted by Crippen LogP contribution is 2.13. The molecular weight excluding hydrogens is 218 g/mol. The van der Waals surface area contributed by atoms with Crippen molar-refractivity contribution in [3.8, 4) is 0 Å². The van der Waals surface area contributed by atoms with Crippen molar-refractivity contribution < 1.29 is 18.3 Å². The summed E-state index contributed by atoms with van der Waals surface area (Å²) in [5.74, 6) is -0.662. The molecule has 1 aliphatic rings. The van der Waals surface area contributed by atoms with Crippen molar-refractivity contribution >= 4 is 15.8 Å². The van der Waals surface area contributed by atoms with Gasteiger partial charge >= 0.3 is 5.97 Å². The van der Waals surface area contributed by atoms with Crippen molar-refractivity contribution in [1.82, 2.24) is 5.32 Å². The largest absolute Gasteiger partial charge is 0.480 e. The van der Waals surface area contributed by atoms with Crippen LogP contribution in [0.3, 0.4) is 0 Å². The maximum Gasteiger partial charge on any atom is 0.320 e. The van der Waals surface area contributed by atoms with Crippen LogP contribution in [-0.2, 0) is 14.6 Å². The summed E-state index contributed by atoms with van der Waals surface area (Å²) in [6.07, 6.45) is 1.82. The van der Waals surface area contributed by atoms with Gasteiger partial charge in [0.05, 0.1) is 11.5 Å². The fraction of sp³-hybridized carbons (Fsp3) is 0.889. The van der Waals surface area contributed by atoms with Crippen molar-refractivity contribution in [1.29, 1.82) is 0 Å². The summed E-state index contributed by atoms with van der Waals surface area (Å²) in [6.45, 7) is 1.91. The summed E-state index contributed by atoms with van der Waals surface area (Å²) in [5, 5.41) is 11.8. The van der Waals surface area contributed by atoms with Crippen LogP contribution in [-0.4, -0.2) is 43.1 Å². The van der Waals surface area contributed by atoms with Crippen molar-refractivity contribution in [2.45, 2.75) is 38.3 Å². The molecule has 2 N–H and O–H groups in total. The van der Waals surface area contributed by atoms with Crippen LogP contribution >= 0.6 is 0 Å². The Kier molecular flexibility index (Phi) is 4.10. The summed E-state index contributed by atoms with van der Waals surface area (Å²) in [6, 6.07) is -0.809. The first-order chi connectivity index (χ1) is 6.94. The van der Waals surface area contributed by atoms with Crippen LogP contribution in [0.5, 0.6) is 0 Å². The van der Waals surface area contributed by atoms with E-state index in [9.17, 15) is 13.2 Å². The van der Waals surface area contributed by atoms with Gasteiger partial charge in [0.1, 0.15) is 6.04 Å². The monoisotopic (exact) mass is 235 g/mol. The standard InChI is InChI=1S/C9H17NO4S/c1-2-3-8(9(11)12)10-7-4-5-15(13,14)6-7/h7-8,10H,2-6H2,1H3,(H,11,12). The minimum Gasteiger partial charge on any atom is -0.480 e. The van der Waals surface area contributed by atoms with Crippen LogP contribution in [0.15, 0.2) is 0 Å². The number of nitrogens with one attached hydrogen (secondary N) is 1. The first-order valence-electron chi connectivity index (χ1n) is 5.14. The summed E-state index contributed by atoms with van der Waals surface area (Å²) >= 11 is 0. The lowest BCUT2D eigenvalue weighted by molar-refractivity contribution is -0.139. The second-order valence-electron chi connectivity index (χ2n) is 3.95. The van der Waals surface area contributed by atoms with Gasteiger partial charge in [-0.15, -0.1) is 0 Å². The van der Waals surface area contributed by atoms with Crippen LogP contribution in [0, 0.1) is 0 Å². The topological polar surface area (TPSA) is 83.5 Å². The van der Waals surface area contributed by atoms with Gasteiger partial charge in [-0.2, -0.15) is 0 Å². The number of carboxylic acid groups (broad SMARTS) is 1. The Bertz CT molecular complexity index is 325. The number of hydrogen-bond acceptors (Lipinski definition) is 4. The SMILES string of the molecule is CCCC(NC1CCS(=O)(=O)C1)C(=O)O. The second kappa shape index (κ2) is 4.94. The average molecular weight is 235 g/mol. The molecule has 0 bridgehead atoms. The Morgan fingerprint density at radius 3 is 2.67 bits per heavy atom. The first kappa shape index (κ1) is 12.4. The van der Waals surface area contributed by atoms with Crippen LogP contribution < -0.4 is 5.32 Å². The molecule has 2 atom stereocenters. The minimum absolute atomic E-state index is 0.0699. The van der Waals surface area contributed by atoms with Gasteiger partial charge in [-0.25, -0.2) is 8.42 Å². The Morgan fingerprint density at radius 1 is 1.60 bits per heavy atom. The van der Waals surface area contributed by atoms with Crippen LogP contribution in [0.1, 0.15) is 26.2 Å². The van der Waals surface area contributed by atoms with Crippen molar-refractivity contribution in [2.75, 3.05) is 11.5 Å². The van der Waals surface area contributed by atoms with E-state index in [1.54, 1.807) is 0 Å². The smallest absolute Gasteiger partial charge is 0.320 e. The van der Waals surface area contributed by atoms with E-state index in [0.717, 1.165) is 6.42 Å². The Hall–Kier alpha value is -0.620. The molecule has 0 radical (unpaired) electrons. The van der Waals surface area contributed by atoms with E-state index < -0.39 is 21.8 Å². The summed E-state index contributed by atoms with van der Waals surface area (Å²) in [7, 11) is -2.94. The highest BCUT2D eigenvalue weighted by Gasteiger charge is 2.30. The molecule has 1 heterocycles. The van der Waals surface area contributed by atoms with Crippen LogP contribution in [0.2, 0.25) is 0 Å². The summed E-state index contributed by atoms with van der Waals surface area (Å²) < 4.78 is 22.3. The number of carboxylic acids is 1. The molecule has 0 aromatic carbocycles. The van der Waals surface area contributed by atoms with Gasteiger partial charge in [0.15, 0.2) is 9.84 Å². The van der Waals surface area contributed by atoms with Crippen molar-refractivity contribution in [3.05, 3.63) is 0 Å². The van der Waals surface area contributed by atoms with E-state index in [1.807, 2.05) is 6.92 Å². The molecule has 2 unspecified atom stereocenters. The highest BCUT2D eigenvalue weighted by molar-refractivity contribution is 7.91. The average Bonchev–Trinajstić information content (AvgIpc) is 2.44. The van der Waals surface area contributed by atoms with Crippen molar-refractivity contribution in [3.63, 3.8) is 0 Å². The molecule has 1 aliphatic heterocycles. The van der Waals surface area contributed by atoms with E-state index in [4.69, 9.17) is 5.11 Å². The van der Waals surface area contributed by atoms with Gasteiger partial charge in [0.25, 0.3) is 0 Å². The Morgan fingerprint density at radius 2 is 2.27 bits per heavy atom. The molecule has 0 amide bonds. The molecule has 0 saturated carbocycles. The van der Waals surface area contributed by atoms with Crippen molar-refractivity contribution in [2.24, 2.45) is 0 Å². The number of aliphatic carboxylic acids is 1. The Balaban J connectivity index is 2.49.